The Hall–Kier alpha value is -3.58. The predicted molar refractivity (Wildman–Crippen MR) is 114 cm³/mol. The summed E-state index contributed by atoms with van der Waals surface area (Å²) in [5.74, 6) is 0.140. The molecule has 0 atom stereocenters. The molecule has 3 aromatic rings. The quantitative estimate of drug-likeness (QED) is 0.599. The third-order valence-electron chi connectivity index (χ3n) is 4.53. The van der Waals surface area contributed by atoms with Gasteiger partial charge >= 0.3 is 0 Å². The molecule has 0 aliphatic carbocycles. The monoisotopic (exact) mass is 418 g/mol. The standard InChI is InChI=1S/C23H18N2O4S/c26-21(24-14-19-7-4-12-29-19)18-10-8-16(9-11-18)13-20-22(27)25(23(28)30-20)15-17-5-2-1-3-6-17/h1-13H,14-15H2,(H,24,26). The molecule has 4 rings (SSSR count). The zero-order valence-electron chi connectivity index (χ0n) is 15.9. The average Bonchev–Trinajstić information content (AvgIpc) is 3.38. The molecular formula is C23H18N2O4S. The number of carbonyl (C=O) groups is 3. The Balaban J connectivity index is 1.41. The number of nitrogens with zero attached hydrogens (tertiary/aromatic N) is 1. The Labute approximate surface area is 177 Å². The highest BCUT2D eigenvalue weighted by atomic mass is 32.2. The van der Waals surface area contributed by atoms with E-state index in [1.54, 1.807) is 48.7 Å². The Morgan fingerprint density at radius 2 is 1.77 bits per heavy atom. The van der Waals surface area contributed by atoms with Gasteiger partial charge in [-0.3, -0.25) is 19.3 Å². The molecule has 7 heteroatoms. The Morgan fingerprint density at radius 1 is 1.00 bits per heavy atom. The van der Waals surface area contributed by atoms with Crippen molar-refractivity contribution in [3.8, 4) is 0 Å². The number of carbonyl (C=O) groups excluding carboxylic acids is 3. The van der Waals surface area contributed by atoms with E-state index in [9.17, 15) is 14.4 Å². The minimum Gasteiger partial charge on any atom is -0.467 e. The molecule has 0 bridgehead atoms. The zero-order valence-corrected chi connectivity index (χ0v) is 16.7. The van der Waals surface area contributed by atoms with Crippen LogP contribution in [-0.4, -0.2) is 22.0 Å². The van der Waals surface area contributed by atoms with Gasteiger partial charge in [-0.25, -0.2) is 0 Å². The average molecular weight is 418 g/mol. The van der Waals surface area contributed by atoms with E-state index in [1.165, 1.54) is 4.90 Å². The zero-order chi connectivity index (χ0) is 20.9. The Morgan fingerprint density at radius 3 is 2.47 bits per heavy atom. The summed E-state index contributed by atoms with van der Waals surface area (Å²) in [5, 5.41) is 2.49. The lowest BCUT2D eigenvalue weighted by molar-refractivity contribution is -0.123. The van der Waals surface area contributed by atoms with Gasteiger partial charge in [0.15, 0.2) is 0 Å². The number of benzene rings is 2. The molecule has 0 saturated carbocycles. The molecule has 30 heavy (non-hydrogen) atoms. The highest BCUT2D eigenvalue weighted by Crippen LogP contribution is 2.33. The number of thioether (sulfide) groups is 1. The summed E-state index contributed by atoms with van der Waals surface area (Å²) in [7, 11) is 0. The second-order valence-corrected chi connectivity index (χ2v) is 7.63. The van der Waals surface area contributed by atoms with E-state index in [0.717, 1.165) is 22.9 Å². The van der Waals surface area contributed by atoms with Crippen molar-refractivity contribution >= 4 is 34.9 Å². The van der Waals surface area contributed by atoms with Crippen LogP contribution in [0, 0.1) is 0 Å². The molecule has 0 unspecified atom stereocenters. The molecule has 150 valence electrons. The minimum absolute atomic E-state index is 0.221. The summed E-state index contributed by atoms with van der Waals surface area (Å²) in [5.41, 5.74) is 2.13. The van der Waals surface area contributed by atoms with Crippen molar-refractivity contribution in [3.05, 3.63) is 100 Å². The summed E-state index contributed by atoms with van der Waals surface area (Å²) in [6.07, 6.45) is 3.22. The van der Waals surface area contributed by atoms with Crippen LogP contribution in [0.3, 0.4) is 0 Å². The molecule has 1 aromatic heterocycles. The van der Waals surface area contributed by atoms with Crippen molar-refractivity contribution in [1.82, 2.24) is 10.2 Å². The van der Waals surface area contributed by atoms with E-state index in [-0.39, 0.29) is 23.6 Å². The molecule has 0 radical (unpaired) electrons. The number of amides is 3. The first-order chi connectivity index (χ1) is 14.6. The fourth-order valence-corrected chi connectivity index (χ4v) is 3.81. The highest BCUT2D eigenvalue weighted by molar-refractivity contribution is 8.18. The normalized spacial score (nSPS) is 15.1. The SMILES string of the molecule is O=C(NCc1ccco1)c1ccc(C=C2SC(=O)N(Cc3ccccc3)C2=O)cc1. The van der Waals surface area contributed by atoms with E-state index in [1.807, 2.05) is 30.3 Å². The lowest BCUT2D eigenvalue weighted by Gasteiger charge is -2.12. The van der Waals surface area contributed by atoms with Crippen LogP contribution in [0.2, 0.25) is 0 Å². The van der Waals surface area contributed by atoms with E-state index >= 15 is 0 Å². The van der Waals surface area contributed by atoms with Crippen LogP contribution in [0.25, 0.3) is 6.08 Å². The fourth-order valence-electron chi connectivity index (χ4n) is 2.97. The van der Waals surface area contributed by atoms with Crippen LogP contribution < -0.4 is 5.32 Å². The molecule has 3 amide bonds. The van der Waals surface area contributed by atoms with Crippen LogP contribution in [0.5, 0.6) is 0 Å². The third kappa shape index (κ3) is 4.52. The van der Waals surface area contributed by atoms with Gasteiger partial charge in [0, 0.05) is 5.56 Å². The summed E-state index contributed by atoms with van der Waals surface area (Å²) in [6, 6.07) is 19.8. The van der Waals surface area contributed by atoms with Crippen LogP contribution in [0.1, 0.15) is 27.2 Å². The molecule has 0 spiro atoms. The molecule has 1 fully saturated rings. The predicted octanol–water partition coefficient (Wildman–Crippen LogP) is 4.45. The molecule has 1 N–H and O–H groups in total. The fraction of sp³-hybridized carbons (Fsp3) is 0.0870. The molecule has 1 aliphatic heterocycles. The van der Waals surface area contributed by atoms with Gasteiger partial charge in [-0.2, -0.15) is 0 Å². The van der Waals surface area contributed by atoms with Crippen molar-refractivity contribution in [2.24, 2.45) is 0 Å². The number of furan rings is 1. The van der Waals surface area contributed by atoms with Crippen molar-refractivity contribution in [1.29, 1.82) is 0 Å². The van der Waals surface area contributed by atoms with Gasteiger partial charge in [-0.15, -0.1) is 0 Å². The number of hydrogen-bond acceptors (Lipinski definition) is 5. The molecule has 1 aliphatic rings. The number of imide groups is 1. The van der Waals surface area contributed by atoms with E-state index in [0.29, 0.717) is 22.8 Å². The summed E-state index contributed by atoms with van der Waals surface area (Å²) < 4.78 is 5.19. The van der Waals surface area contributed by atoms with Crippen molar-refractivity contribution in [2.75, 3.05) is 0 Å². The van der Waals surface area contributed by atoms with Gasteiger partial charge in [0.2, 0.25) is 0 Å². The third-order valence-corrected chi connectivity index (χ3v) is 5.44. The summed E-state index contributed by atoms with van der Waals surface area (Å²) in [6.45, 7) is 0.555. The van der Waals surface area contributed by atoms with Gasteiger partial charge in [-0.1, -0.05) is 42.5 Å². The molecule has 2 aromatic carbocycles. The smallest absolute Gasteiger partial charge is 0.293 e. The number of rotatable bonds is 6. The van der Waals surface area contributed by atoms with Gasteiger partial charge in [0.25, 0.3) is 17.1 Å². The summed E-state index contributed by atoms with van der Waals surface area (Å²) >= 11 is 0.922. The second kappa shape index (κ2) is 8.84. The Bertz CT molecular complexity index is 1090. The first-order valence-electron chi connectivity index (χ1n) is 9.30. The maximum Gasteiger partial charge on any atom is 0.293 e. The van der Waals surface area contributed by atoms with Crippen molar-refractivity contribution < 1.29 is 18.8 Å². The van der Waals surface area contributed by atoms with Crippen LogP contribution >= 0.6 is 11.8 Å². The number of hydrogen-bond donors (Lipinski definition) is 1. The largest absolute Gasteiger partial charge is 0.467 e. The molecule has 6 nitrogen and oxygen atoms in total. The van der Waals surface area contributed by atoms with Gasteiger partial charge in [-0.05, 0) is 53.2 Å². The van der Waals surface area contributed by atoms with E-state index < -0.39 is 0 Å². The Kier molecular flexibility index (Phi) is 5.81. The van der Waals surface area contributed by atoms with E-state index in [2.05, 4.69) is 5.32 Å². The lowest BCUT2D eigenvalue weighted by atomic mass is 10.1. The topological polar surface area (TPSA) is 79.6 Å². The summed E-state index contributed by atoms with van der Waals surface area (Å²) in [4.78, 5) is 38.7. The van der Waals surface area contributed by atoms with Crippen LogP contribution in [-0.2, 0) is 17.9 Å². The van der Waals surface area contributed by atoms with Gasteiger partial charge in [0.05, 0.1) is 24.3 Å². The first kappa shape index (κ1) is 19.7. The van der Waals surface area contributed by atoms with Crippen molar-refractivity contribution in [3.63, 3.8) is 0 Å². The van der Waals surface area contributed by atoms with E-state index in [4.69, 9.17) is 4.42 Å². The minimum atomic E-state index is -0.311. The molecular weight excluding hydrogens is 400 g/mol. The number of nitrogens with one attached hydrogen (secondary N) is 1. The van der Waals surface area contributed by atoms with Crippen LogP contribution in [0.4, 0.5) is 4.79 Å². The maximum atomic E-state index is 12.6. The van der Waals surface area contributed by atoms with Crippen molar-refractivity contribution in [2.45, 2.75) is 13.1 Å². The second-order valence-electron chi connectivity index (χ2n) is 6.64. The maximum absolute atomic E-state index is 12.6. The molecule has 2 heterocycles. The molecule has 1 saturated heterocycles. The van der Waals surface area contributed by atoms with Gasteiger partial charge in [0.1, 0.15) is 5.76 Å². The highest BCUT2D eigenvalue weighted by Gasteiger charge is 2.34. The van der Waals surface area contributed by atoms with Crippen LogP contribution in [0.15, 0.2) is 82.3 Å². The lowest BCUT2D eigenvalue weighted by Crippen LogP contribution is -2.27. The first-order valence-corrected chi connectivity index (χ1v) is 10.1. The van der Waals surface area contributed by atoms with Gasteiger partial charge < -0.3 is 9.73 Å².